The van der Waals surface area contributed by atoms with E-state index < -0.39 is 5.97 Å². The largest absolute Gasteiger partial charge is 0.480 e. The van der Waals surface area contributed by atoms with Crippen molar-refractivity contribution in [3.63, 3.8) is 0 Å². The lowest BCUT2D eigenvalue weighted by Crippen LogP contribution is -2.44. The number of amides is 1. The summed E-state index contributed by atoms with van der Waals surface area (Å²) < 4.78 is 13.7. The predicted molar refractivity (Wildman–Crippen MR) is 84.6 cm³/mol. The van der Waals surface area contributed by atoms with Crippen LogP contribution in [0.5, 0.6) is 0 Å². The van der Waals surface area contributed by atoms with Crippen LogP contribution < -0.4 is 5.32 Å². The molecule has 1 aliphatic carbocycles. The van der Waals surface area contributed by atoms with Crippen LogP contribution in [0.1, 0.15) is 31.2 Å². The Balaban J connectivity index is 1.93. The Bertz CT molecular complexity index is 544. The van der Waals surface area contributed by atoms with Crippen LogP contribution in [0.15, 0.2) is 24.3 Å². The number of nitrogens with zero attached hydrogens (tertiary/aromatic N) is 1. The van der Waals surface area contributed by atoms with Crippen molar-refractivity contribution in [1.29, 1.82) is 0 Å². The maximum Gasteiger partial charge on any atom is 0.322 e. The first kappa shape index (κ1) is 17.4. The van der Waals surface area contributed by atoms with E-state index in [0.717, 1.165) is 25.7 Å². The lowest BCUT2D eigenvalue weighted by atomic mass is 10.1. The summed E-state index contributed by atoms with van der Waals surface area (Å²) in [6, 6.07) is 6.98. The van der Waals surface area contributed by atoms with Crippen LogP contribution >= 0.6 is 0 Å². The first-order valence-electron chi connectivity index (χ1n) is 8.02. The maximum atomic E-state index is 13.7. The molecule has 0 bridgehead atoms. The predicted octanol–water partition coefficient (Wildman–Crippen LogP) is 1.81. The van der Waals surface area contributed by atoms with Gasteiger partial charge in [0.05, 0.1) is 6.54 Å². The van der Waals surface area contributed by atoms with Crippen molar-refractivity contribution in [2.24, 2.45) is 0 Å². The second-order valence-electron chi connectivity index (χ2n) is 5.92. The maximum absolute atomic E-state index is 13.7. The zero-order valence-electron chi connectivity index (χ0n) is 13.1. The summed E-state index contributed by atoms with van der Waals surface area (Å²) in [5.74, 6) is -1.58. The molecule has 23 heavy (non-hydrogen) atoms. The fourth-order valence-corrected chi connectivity index (χ4v) is 3.04. The molecule has 2 N–H and O–H groups in total. The summed E-state index contributed by atoms with van der Waals surface area (Å²) in [5.41, 5.74) is 0.640. The fraction of sp³-hybridized carbons (Fsp3) is 0.529. The highest BCUT2D eigenvalue weighted by atomic mass is 19.1. The number of hydrogen-bond donors (Lipinski definition) is 2. The lowest BCUT2D eigenvalue weighted by Gasteiger charge is -2.28. The van der Waals surface area contributed by atoms with Crippen LogP contribution in [0, 0.1) is 5.82 Å². The molecular weight excluding hydrogens is 299 g/mol. The topological polar surface area (TPSA) is 69.6 Å². The van der Waals surface area contributed by atoms with E-state index in [-0.39, 0.29) is 24.8 Å². The molecule has 0 aromatic heterocycles. The van der Waals surface area contributed by atoms with E-state index in [1.165, 1.54) is 6.07 Å². The van der Waals surface area contributed by atoms with Crippen LogP contribution in [0.25, 0.3) is 0 Å². The molecule has 0 atom stereocenters. The van der Waals surface area contributed by atoms with Gasteiger partial charge in [-0.2, -0.15) is 0 Å². The summed E-state index contributed by atoms with van der Waals surface area (Å²) in [4.78, 5) is 24.5. The second-order valence-corrected chi connectivity index (χ2v) is 5.92. The van der Waals surface area contributed by atoms with E-state index in [1.54, 1.807) is 18.2 Å². The van der Waals surface area contributed by atoms with Gasteiger partial charge in [0.1, 0.15) is 12.4 Å². The van der Waals surface area contributed by atoms with Gasteiger partial charge in [-0.25, -0.2) is 4.39 Å². The quantitative estimate of drug-likeness (QED) is 0.766. The molecule has 0 aliphatic heterocycles. The minimum atomic E-state index is -1.06. The van der Waals surface area contributed by atoms with Crippen molar-refractivity contribution >= 4 is 11.9 Å². The molecule has 5 nitrogen and oxygen atoms in total. The number of hydrogen-bond acceptors (Lipinski definition) is 3. The van der Waals surface area contributed by atoms with Gasteiger partial charge in [-0.15, -0.1) is 0 Å². The van der Waals surface area contributed by atoms with Crippen molar-refractivity contribution < 1.29 is 19.1 Å². The van der Waals surface area contributed by atoms with Crippen LogP contribution in [-0.4, -0.2) is 47.6 Å². The van der Waals surface area contributed by atoms with Crippen LogP contribution in [-0.2, 0) is 16.0 Å². The molecule has 0 heterocycles. The van der Waals surface area contributed by atoms with Crippen molar-refractivity contribution in [2.45, 2.75) is 38.1 Å². The normalized spacial score (nSPS) is 15.0. The summed E-state index contributed by atoms with van der Waals surface area (Å²) in [6.07, 6.45) is 4.87. The third-order valence-electron chi connectivity index (χ3n) is 4.25. The second kappa shape index (κ2) is 8.62. The molecule has 1 saturated carbocycles. The number of carboxylic acid groups (broad SMARTS) is 1. The highest BCUT2D eigenvalue weighted by molar-refractivity contribution is 5.82. The number of benzene rings is 1. The fourth-order valence-electron chi connectivity index (χ4n) is 3.04. The molecular formula is C17H23FN2O3. The smallest absolute Gasteiger partial charge is 0.322 e. The van der Waals surface area contributed by atoms with Crippen LogP contribution in [0.2, 0.25) is 0 Å². The summed E-state index contributed by atoms with van der Waals surface area (Å²) in [5, 5.41) is 11.0. The van der Waals surface area contributed by atoms with Gasteiger partial charge in [0.25, 0.3) is 0 Å². The van der Waals surface area contributed by atoms with Crippen molar-refractivity contribution in [2.75, 3.05) is 19.6 Å². The minimum Gasteiger partial charge on any atom is -0.480 e. The average Bonchev–Trinajstić information content (AvgIpc) is 3.05. The van der Waals surface area contributed by atoms with E-state index in [4.69, 9.17) is 5.11 Å². The van der Waals surface area contributed by atoms with Crippen LogP contribution in [0.4, 0.5) is 4.39 Å². The molecule has 1 aromatic carbocycles. The van der Waals surface area contributed by atoms with Gasteiger partial charge >= 0.3 is 5.97 Å². The molecule has 0 unspecified atom stereocenters. The Hall–Kier alpha value is -1.95. The van der Waals surface area contributed by atoms with Crippen molar-refractivity contribution in [3.8, 4) is 0 Å². The first-order valence-corrected chi connectivity index (χ1v) is 8.02. The number of rotatable bonds is 8. The summed E-state index contributed by atoms with van der Waals surface area (Å²) >= 11 is 0. The van der Waals surface area contributed by atoms with E-state index in [9.17, 15) is 14.0 Å². The molecule has 0 radical (unpaired) electrons. The third-order valence-corrected chi connectivity index (χ3v) is 4.25. The average molecular weight is 322 g/mol. The Labute approximate surface area is 135 Å². The van der Waals surface area contributed by atoms with Gasteiger partial charge < -0.3 is 10.4 Å². The number of carbonyl (C=O) groups excluding carboxylic acids is 1. The molecule has 0 saturated heterocycles. The van der Waals surface area contributed by atoms with Crippen molar-refractivity contribution in [1.82, 2.24) is 10.2 Å². The third kappa shape index (κ3) is 5.63. The van der Waals surface area contributed by atoms with E-state index >= 15 is 0 Å². The zero-order valence-corrected chi connectivity index (χ0v) is 13.1. The summed E-state index contributed by atoms with van der Waals surface area (Å²) in [7, 11) is 0. The van der Waals surface area contributed by atoms with Gasteiger partial charge in [0.15, 0.2) is 0 Å². The molecule has 6 heteroatoms. The van der Waals surface area contributed by atoms with E-state index in [2.05, 4.69) is 10.2 Å². The molecule has 2 rings (SSSR count). The van der Waals surface area contributed by atoms with E-state index in [1.807, 2.05) is 0 Å². The van der Waals surface area contributed by atoms with Gasteiger partial charge in [-0.3, -0.25) is 14.5 Å². The molecule has 0 spiro atoms. The molecule has 1 amide bonds. The molecule has 1 aliphatic rings. The molecule has 126 valence electrons. The van der Waals surface area contributed by atoms with E-state index in [0.29, 0.717) is 24.6 Å². The molecule has 1 fully saturated rings. The first-order chi connectivity index (χ1) is 11.1. The highest BCUT2D eigenvalue weighted by Gasteiger charge is 2.24. The van der Waals surface area contributed by atoms with Gasteiger partial charge in [-0.05, 0) is 30.9 Å². The Morgan fingerprint density at radius 3 is 2.61 bits per heavy atom. The number of aliphatic carboxylic acids is 1. The highest BCUT2D eigenvalue weighted by Crippen LogP contribution is 2.23. The number of halogens is 1. The number of nitrogens with one attached hydrogen (secondary N) is 1. The SMILES string of the molecule is O=C(O)CNC(=O)CN(CCc1ccccc1F)C1CCCC1. The van der Waals surface area contributed by atoms with Gasteiger partial charge in [-0.1, -0.05) is 31.0 Å². The number of carboxylic acids is 1. The minimum absolute atomic E-state index is 0.159. The Morgan fingerprint density at radius 2 is 1.96 bits per heavy atom. The Kier molecular flexibility index (Phi) is 6.52. The van der Waals surface area contributed by atoms with Gasteiger partial charge in [0, 0.05) is 12.6 Å². The zero-order chi connectivity index (χ0) is 16.7. The Morgan fingerprint density at radius 1 is 1.26 bits per heavy atom. The number of carbonyl (C=O) groups is 2. The monoisotopic (exact) mass is 322 g/mol. The van der Waals surface area contributed by atoms with Gasteiger partial charge in [0.2, 0.25) is 5.91 Å². The van der Waals surface area contributed by atoms with Crippen LogP contribution in [0.3, 0.4) is 0 Å². The molecule has 1 aromatic rings. The van der Waals surface area contributed by atoms with Crippen molar-refractivity contribution in [3.05, 3.63) is 35.6 Å². The standard InChI is InChI=1S/C17H23FN2O3/c18-15-8-4-1-5-13(15)9-10-20(14-6-2-3-7-14)12-16(21)19-11-17(22)23/h1,4-5,8,14H,2-3,6-7,9-12H2,(H,19,21)(H,22,23). The lowest BCUT2D eigenvalue weighted by molar-refractivity contribution is -0.138. The summed E-state index contributed by atoms with van der Waals surface area (Å²) in [6.45, 7) is 0.378.